The van der Waals surface area contributed by atoms with E-state index in [9.17, 15) is 9.59 Å². The van der Waals surface area contributed by atoms with E-state index in [-0.39, 0.29) is 19.0 Å². The highest BCUT2D eigenvalue weighted by atomic mass is 16.5. The summed E-state index contributed by atoms with van der Waals surface area (Å²) < 4.78 is 5.15. The van der Waals surface area contributed by atoms with Crippen LogP contribution in [0.15, 0.2) is 18.2 Å². The lowest BCUT2D eigenvalue weighted by molar-refractivity contribution is -0.134. The van der Waals surface area contributed by atoms with Crippen molar-refractivity contribution in [3.63, 3.8) is 0 Å². The van der Waals surface area contributed by atoms with Crippen LogP contribution in [0.25, 0.3) is 0 Å². The van der Waals surface area contributed by atoms with Crippen molar-refractivity contribution in [3.8, 4) is 5.75 Å². The van der Waals surface area contributed by atoms with Crippen molar-refractivity contribution >= 4 is 12.3 Å². The molecule has 0 aromatic heterocycles. The van der Waals surface area contributed by atoms with Crippen molar-refractivity contribution in [2.45, 2.75) is 26.2 Å². The van der Waals surface area contributed by atoms with Crippen LogP contribution in [0.1, 0.15) is 35.2 Å². The van der Waals surface area contributed by atoms with Crippen LogP contribution in [0.4, 0.5) is 0 Å². The zero-order chi connectivity index (χ0) is 12.7. The minimum absolute atomic E-state index is 0.0837. The molecule has 0 atom stereocenters. The SMILES string of the molecule is Cc1cc(C=O)ccc1OC(=O)CCCCO. The fraction of sp³-hybridized carbons (Fsp3) is 0.385. The Hall–Kier alpha value is -1.68. The molecule has 1 aromatic carbocycles. The van der Waals surface area contributed by atoms with Crippen molar-refractivity contribution in [3.05, 3.63) is 29.3 Å². The second kappa shape index (κ2) is 6.81. The number of unbranched alkanes of at least 4 members (excludes halogenated alkanes) is 1. The lowest BCUT2D eigenvalue weighted by atomic mass is 10.1. The maximum absolute atomic E-state index is 11.4. The molecule has 4 heteroatoms. The minimum Gasteiger partial charge on any atom is -0.426 e. The Morgan fingerprint density at radius 3 is 2.76 bits per heavy atom. The second-order valence-corrected chi connectivity index (χ2v) is 3.80. The molecule has 0 bridgehead atoms. The van der Waals surface area contributed by atoms with Crippen LogP contribution in [0.2, 0.25) is 0 Å². The molecule has 1 N–H and O–H groups in total. The van der Waals surface area contributed by atoms with Crippen LogP contribution in [-0.2, 0) is 4.79 Å². The van der Waals surface area contributed by atoms with Crippen molar-refractivity contribution in [2.24, 2.45) is 0 Å². The number of benzene rings is 1. The molecule has 1 rings (SSSR count). The average Bonchev–Trinajstić information content (AvgIpc) is 2.32. The topological polar surface area (TPSA) is 63.6 Å². The molecule has 4 nitrogen and oxygen atoms in total. The molecule has 0 heterocycles. The van der Waals surface area contributed by atoms with Gasteiger partial charge < -0.3 is 9.84 Å². The van der Waals surface area contributed by atoms with Crippen molar-refractivity contribution in [2.75, 3.05) is 6.61 Å². The molecular weight excluding hydrogens is 220 g/mol. The third kappa shape index (κ3) is 4.36. The van der Waals surface area contributed by atoms with Crippen LogP contribution < -0.4 is 4.74 Å². The van der Waals surface area contributed by atoms with Crippen LogP contribution in [0.5, 0.6) is 5.75 Å². The van der Waals surface area contributed by atoms with Gasteiger partial charge in [0.25, 0.3) is 0 Å². The third-order valence-corrected chi connectivity index (χ3v) is 2.35. The first kappa shape index (κ1) is 13.4. The quantitative estimate of drug-likeness (QED) is 0.354. The van der Waals surface area contributed by atoms with E-state index in [4.69, 9.17) is 9.84 Å². The smallest absolute Gasteiger partial charge is 0.311 e. The summed E-state index contributed by atoms with van der Waals surface area (Å²) >= 11 is 0. The molecular formula is C13H16O4. The number of aryl methyl sites for hydroxylation is 1. The number of hydrogen-bond donors (Lipinski definition) is 1. The first-order chi connectivity index (χ1) is 8.17. The molecule has 0 aliphatic rings. The summed E-state index contributed by atoms with van der Waals surface area (Å²) in [4.78, 5) is 22.0. The normalized spacial score (nSPS) is 10.0. The summed E-state index contributed by atoms with van der Waals surface area (Å²) in [5.74, 6) is 0.157. The largest absolute Gasteiger partial charge is 0.426 e. The van der Waals surface area contributed by atoms with E-state index in [0.717, 1.165) is 11.8 Å². The van der Waals surface area contributed by atoms with E-state index in [1.165, 1.54) is 0 Å². The maximum Gasteiger partial charge on any atom is 0.311 e. The first-order valence-electron chi connectivity index (χ1n) is 5.54. The Labute approximate surface area is 100 Å². The predicted molar refractivity (Wildman–Crippen MR) is 63.1 cm³/mol. The highest BCUT2D eigenvalue weighted by Gasteiger charge is 2.07. The van der Waals surface area contributed by atoms with Crippen LogP contribution in [0, 0.1) is 6.92 Å². The maximum atomic E-state index is 11.4. The van der Waals surface area contributed by atoms with Gasteiger partial charge in [-0.1, -0.05) is 0 Å². The molecule has 0 saturated heterocycles. The Kier molecular flexibility index (Phi) is 5.36. The standard InChI is InChI=1S/C13H16O4/c1-10-8-11(9-15)5-6-12(10)17-13(16)4-2-3-7-14/h5-6,8-9,14H,2-4,7H2,1H3. The molecule has 17 heavy (non-hydrogen) atoms. The van der Waals surface area contributed by atoms with Gasteiger partial charge in [-0.25, -0.2) is 0 Å². The van der Waals surface area contributed by atoms with E-state index in [2.05, 4.69) is 0 Å². The number of esters is 1. The van der Waals surface area contributed by atoms with E-state index in [1.54, 1.807) is 25.1 Å². The lowest BCUT2D eigenvalue weighted by Gasteiger charge is -2.07. The molecule has 0 amide bonds. The first-order valence-corrected chi connectivity index (χ1v) is 5.54. The Morgan fingerprint density at radius 1 is 1.41 bits per heavy atom. The number of hydrogen-bond acceptors (Lipinski definition) is 4. The van der Waals surface area contributed by atoms with Gasteiger partial charge in [0, 0.05) is 18.6 Å². The van der Waals surface area contributed by atoms with Gasteiger partial charge in [0.15, 0.2) is 0 Å². The summed E-state index contributed by atoms with van der Waals surface area (Å²) in [6, 6.07) is 4.89. The third-order valence-electron chi connectivity index (χ3n) is 2.35. The van der Waals surface area contributed by atoms with Gasteiger partial charge in [-0.3, -0.25) is 9.59 Å². The second-order valence-electron chi connectivity index (χ2n) is 3.80. The number of carbonyl (C=O) groups excluding carboxylic acids is 2. The Bertz CT molecular complexity index is 398. The van der Waals surface area contributed by atoms with Crippen molar-refractivity contribution in [1.29, 1.82) is 0 Å². The average molecular weight is 236 g/mol. The number of aliphatic hydroxyl groups is 1. The van der Waals surface area contributed by atoms with E-state index < -0.39 is 0 Å². The molecule has 0 unspecified atom stereocenters. The summed E-state index contributed by atoms with van der Waals surface area (Å²) in [5, 5.41) is 8.59. The van der Waals surface area contributed by atoms with Crippen LogP contribution in [0.3, 0.4) is 0 Å². The monoisotopic (exact) mass is 236 g/mol. The van der Waals surface area contributed by atoms with Crippen LogP contribution >= 0.6 is 0 Å². The number of aldehydes is 1. The number of carbonyl (C=O) groups is 2. The van der Waals surface area contributed by atoms with Gasteiger partial charge in [-0.05, 0) is 43.5 Å². The Balaban J connectivity index is 2.56. The molecule has 0 aliphatic carbocycles. The van der Waals surface area contributed by atoms with Gasteiger partial charge >= 0.3 is 5.97 Å². The van der Waals surface area contributed by atoms with Crippen LogP contribution in [-0.4, -0.2) is 24.0 Å². The van der Waals surface area contributed by atoms with E-state index in [0.29, 0.717) is 24.2 Å². The zero-order valence-electron chi connectivity index (χ0n) is 9.81. The molecule has 0 radical (unpaired) electrons. The molecule has 0 fully saturated rings. The minimum atomic E-state index is -0.319. The van der Waals surface area contributed by atoms with Gasteiger partial charge in [0.1, 0.15) is 12.0 Å². The van der Waals surface area contributed by atoms with Gasteiger partial charge in [-0.2, -0.15) is 0 Å². The van der Waals surface area contributed by atoms with Gasteiger partial charge in [0.2, 0.25) is 0 Å². The molecule has 0 aliphatic heterocycles. The number of aliphatic hydroxyl groups excluding tert-OH is 1. The molecule has 1 aromatic rings. The fourth-order valence-corrected chi connectivity index (χ4v) is 1.42. The number of ether oxygens (including phenoxy) is 1. The lowest BCUT2D eigenvalue weighted by Crippen LogP contribution is -2.08. The molecule has 0 saturated carbocycles. The van der Waals surface area contributed by atoms with E-state index >= 15 is 0 Å². The molecule has 92 valence electrons. The van der Waals surface area contributed by atoms with E-state index in [1.807, 2.05) is 0 Å². The van der Waals surface area contributed by atoms with Gasteiger partial charge in [-0.15, -0.1) is 0 Å². The van der Waals surface area contributed by atoms with Crippen molar-refractivity contribution in [1.82, 2.24) is 0 Å². The van der Waals surface area contributed by atoms with Crippen molar-refractivity contribution < 1.29 is 19.4 Å². The molecule has 0 spiro atoms. The Morgan fingerprint density at radius 2 is 2.18 bits per heavy atom. The number of rotatable bonds is 6. The zero-order valence-corrected chi connectivity index (χ0v) is 9.81. The highest BCUT2D eigenvalue weighted by molar-refractivity contribution is 5.77. The van der Waals surface area contributed by atoms with Gasteiger partial charge in [0.05, 0.1) is 0 Å². The fourth-order valence-electron chi connectivity index (χ4n) is 1.42. The summed E-state index contributed by atoms with van der Waals surface area (Å²) in [5.41, 5.74) is 1.31. The predicted octanol–water partition coefficient (Wildman–Crippen LogP) is 1.88. The highest BCUT2D eigenvalue weighted by Crippen LogP contribution is 2.19. The summed E-state index contributed by atoms with van der Waals surface area (Å²) in [6.45, 7) is 1.86. The summed E-state index contributed by atoms with van der Waals surface area (Å²) in [6.07, 6.45) is 2.24. The summed E-state index contributed by atoms with van der Waals surface area (Å²) in [7, 11) is 0.